The van der Waals surface area contributed by atoms with E-state index >= 15 is 0 Å². The first-order valence-corrected chi connectivity index (χ1v) is 10.6. The van der Waals surface area contributed by atoms with Crippen molar-refractivity contribution in [1.29, 1.82) is 0 Å². The van der Waals surface area contributed by atoms with Gasteiger partial charge in [-0.25, -0.2) is 9.18 Å². The Labute approximate surface area is 173 Å². The van der Waals surface area contributed by atoms with Crippen molar-refractivity contribution in [3.05, 3.63) is 53.8 Å². The highest BCUT2D eigenvalue weighted by Gasteiger charge is 2.25. The molecule has 2 aromatic rings. The lowest BCUT2D eigenvalue weighted by Gasteiger charge is -2.38. The largest absolute Gasteiger partial charge is 0.367 e. The quantitative estimate of drug-likeness (QED) is 0.579. The second-order valence-electron chi connectivity index (χ2n) is 8.44. The van der Waals surface area contributed by atoms with Crippen LogP contribution in [0.15, 0.2) is 42.5 Å². The van der Waals surface area contributed by atoms with Gasteiger partial charge in [-0.1, -0.05) is 50.8 Å². The predicted octanol–water partition coefficient (Wildman–Crippen LogP) is 6.57. The van der Waals surface area contributed by atoms with Gasteiger partial charge < -0.3 is 15.5 Å². The van der Waals surface area contributed by atoms with Crippen LogP contribution in [0.25, 0.3) is 0 Å². The van der Waals surface area contributed by atoms with Crippen LogP contribution in [0.1, 0.15) is 51.5 Å². The Morgan fingerprint density at radius 3 is 2.41 bits per heavy atom. The van der Waals surface area contributed by atoms with Gasteiger partial charge in [0.25, 0.3) is 0 Å². The molecule has 2 aromatic carbocycles. The van der Waals surface area contributed by atoms with Crippen molar-refractivity contribution in [2.45, 2.75) is 58.9 Å². The van der Waals surface area contributed by atoms with Crippen molar-refractivity contribution >= 4 is 23.1 Å². The average Bonchev–Trinajstić information content (AvgIpc) is 2.70. The summed E-state index contributed by atoms with van der Waals surface area (Å²) in [6.45, 7) is 7.18. The number of carbonyl (C=O) groups excluding carboxylic acids is 1. The van der Waals surface area contributed by atoms with E-state index in [1.807, 2.05) is 31.2 Å². The summed E-state index contributed by atoms with van der Waals surface area (Å²) in [5, 5.41) is 5.79. The number of amides is 2. The number of aryl methyl sites for hydroxylation is 1. The minimum Gasteiger partial charge on any atom is -0.367 e. The van der Waals surface area contributed by atoms with Gasteiger partial charge in [-0.05, 0) is 56.0 Å². The highest BCUT2D eigenvalue weighted by atomic mass is 19.1. The van der Waals surface area contributed by atoms with E-state index in [0.29, 0.717) is 17.6 Å². The highest BCUT2D eigenvalue weighted by molar-refractivity contribution is 6.01. The zero-order valence-corrected chi connectivity index (χ0v) is 17.7. The van der Waals surface area contributed by atoms with E-state index < -0.39 is 0 Å². The molecule has 1 aliphatic rings. The fourth-order valence-corrected chi connectivity index (χ4v) is 4.00. The molecule has 0 aromatic heterocycles. The summed E-state index contributed by atoms with van der Waals surface area (Å²) in [6.07, 6.45) is 5.88. The third kappa shape index (κ3) is 5.96. The zero-order valence-electron chi connectivity index (χ0n) is 17.7. The third-order valence-corrected chi connectivity index (χ3v) is 5.40. The normalized spacial score (nSPS) is 14.7. The summed E-state index contributed by atoms with van der Waals surface area (Å²) in [6, 6.07) is 12.3. The molecule has 4 nitrogen and oxygen atoms in total. The lowest BCUT2D eigenvalue weighted by Crippen LogP contribution is -2.40. The standard InChI is InChI=1S/C24H32FN3O/c1-17(2)16-28(21-7-5-4-6-8-21)23-15-19(25)11-14-22(23)27-24(29)26-20-12-9-18(3)10-13-20/h9-15,17,21H,4-8,16H2,1-3H3,(H2,26,27,29). The molecule has 0 unspecified atom stereocenters. The van der Waals surface area contributed by atoms with Crippen LogP contribution in [-0.4, -0.2) is 18.6 Å². The number of rotatable bonds is 6. The van der Waals surface area contributed by atoms with E-state index in [1.54, 1.807) is 12.1 Å². The van der Waals surface area contributed by atoms with Crippen LogP contribution in [0, 0.1) is 18.7 Å². The Morgan fingerprint density at radius 1 is 1.07 bits per heavy atom. The molecule has 1 saturated carbocycles. The Hall–Kier alpha value is -2.56. The Bertz CT molecular complexity index is 813. The van der Waals surface area contributed by atoms with Crippen LogP contribution in [0.3, 0.4) is 0 Å². The maximum Gasteiger partial charge on any atom is 0.323 e. The van der Waals surface area contributed by atoms with Crippen LogP contribution in [0.4, 0.5) is 26.2 Å². The van der Waals surface area contributed by atoms with Crippen molar-refractivity contribution in [1.82, 2.24) is 0 Å². The summed E-state index contributed by atoms with van der Waals surface area (Å²) in [5.74, 6) is 0.156. The molecule has 156 valence electrons. The molecule has 1 fully saturated rings. The van der Waals surface area contributed by atoms with Crippen LogP contribution < -0.4 is 15.5 Å². The van der Waals surface area contributed by atoms with Crippen molar-refractivity contribution in [3.8, 4) is 0 Å². The fraction of sp³-hybridized carbons (Fsp3) is 0.458. The lowest BCUT2D eigenvalue weighted by molar-refractivity contribution is 0.262. The van der Waals surface area contributed by atoms with Crippen LogP contribution in [-0.2, 0) is 0 Å². The molecule has 0 atom stereocenters. The number of halogens is 1. The van der Waals surface area contributed by atoms with Gasteiger partial charge in [0.1, 0.15) is 5.82 Å². The number of hydrogen-bond acceptors (Lipinski definition) is 2. The van der Waals surface area contributed by atoms with Crippen molar-refractivity contribution in [2.24, 2.45) is 5.92 Å². The zero-order chi connectivity index (χ0) is 20.8. The maximum atomic E-state index is 14.2. The Balaban J connectivity index is 1.82. The van der Waals surface area contributed by atoms with Crippen LogP contribution in [0.2, 0.25) is 0 Å². The molecule has 5 heteroatoms. The average molecular weight is 398 g/mol. The molecular weight excluding hydrogens is 365 g/mol. The molecule has 29 heavy (non-hydrogen) atoms. The van der Waals surface area contributed by atoms with Gasteiger partial charge in [0.05, 0.1) is 11.4 Å². The van der Waals surface area contributed by atoms with E-state index in [1.165, 1.54) is 25.3 Å². The van der Waals surface area contributed by atoms with E-state index in [0.717, 1.165) is 36.3 Å². The van der Waals surface area contributed by atoms with E-state index in [-0.39, 0.29) is 11.8 Å². The SMILES string of the molecule is Cc1ccc(NC(=O)Nc2ccc(F)cc2N(CC(C)C)C2CCCCC2)cc1. The van der Waals surface area contributed by atoms with Crippen molar-refractivity contribution in [2.75, 3.05) is 22.1 Å². The fourth-order valence-electron chi connectivity index (χ4n) is 4.00. The van der Waals surface area contributed by atoms with Gasteiger partial charge in [-0.15, -0.1) is 0 Å². The maximum absolute atomic E-state index is 14.2. The molecule has 0 heterocycles. The first-order chi connectivity index (χ1) is 13.9. The lowest BCUT2D eigenvalue weighted by atomic mass is 9.93. The van der Waals surface area contributed by atoms with Crippen molar-refractivity contribution < 1.29 is 9.18 Å². The van der Waals surface area contributed by atoms with E-state index in [4.69, 9.17) is 0 Å². The number of carbonyl (C=O) groups is 1. The number of nitrogens with one attached hydrogen (secondary N) is 2. The molecule has 2 N–H and O–H groups in total. The second-order valence-corrected chi connectivity index (χ2v) is 8.44. The second kappa shape index (κ2) is 9.77. The summed E-state index contributed by atoms with van der Waals surface area (Å²) < 4.78 is 14.2. The van der Waals surface area contributed by atoms with Crippen LogP contribution >= 0.6 is 0 Å². The smallest absolute Gasteiger partial charge is 0.323 e. The van der Waals surface area contributed by atoms with Gasteiger partial charge >= 0.3 is 6.03 Å². The summed E-state index contributed by atoms with van der Waals surface area (Å²) in [4.78, 5) is 14.9. The highest BCUT2D eigenvalue weighted by Crippen LogP contribution is 2.34. The number of hydrogen-bond donors (Lipinski definition) is 2. The minimum absolute atomic E-state index is 0.283. The molecular formula is C24H32FN3O. The molecule has 0 radical (unpaired) electrons. The van der Waals surface area contributed by atoms with E-state index in [9.17, 15) is 9.18 Å². The molecule has 0 spiro atoms. The molecule has 1 aliphatic carbocycles. The number of nitrogens with zero attached hydrogens (tertiary/aromatic N) is 1. The van der Waals surface area contributed by atoms with Gasteiger partial charge in [0.2, 0.25) is 0 Å². The van der Waals surface area contributed by atoms with Gasteiger partial charge in [-0.3, -0.25) is 0 Å². The van der Waals surface area contributed by atoms with Gasteiger partial charge in [-0.2, -0.15) is 0 Å². The van der Waals surface area contributed by atoms with E-state index in [2.05, 4.69) is 29.4 Å². The molecule has 0 saturated heterocycles. The molecule has 0 aliphatic heterocycles. The third-order valence-electron chi connectivity index (χ3n) is 5.40. The van der Waals surface area contributed by atoms with Crippen molar-refractivity contribution in [3.63, 3.8) is 0 Å². The number of urea groups is 1. The van der Waals surface area contributed by atoms with Crippen LogP contribution in [0.5, 0.6) is 0 Å². The first kappa shape index (κ1) is 21.2. The Morgan fingerprint density at radius 2 is 1.76 bits per heavy atom. The summed E-state index contributed by atoms with van der Waals surface area (Å²) in [5.41, 5.74) is 3.27. The summed E-state index contributed by atoms with van der Waals surface area (Å²) >= 11 is 0. The molecule has 3 rings (SSSR count). The Kier molecular flexibility index (Phi) is 7.13. The summed E-state index contributed by atoms with van der Waals surface area (Å²) in [7, 11) is 0. The van der Waals surface area contributed by atoms with Gasteiger partial charge in [0.15, 0.2) is 0 Å². The molecule has 0 bridgehead atoms. The predicted molar refractivity (Wildman–Crippen MR) is 119 cm³/mol. The molecule has 2 amide bonds. The monoisotopic (exact) mass is 397 g/mol. The number of benzene rings is 2. The first-order valence-electron chi connectivity index (χ1n) is 10.6. The topological polar surface area (TPSA) is 44.4 Å². The minimum atomic E-state index is -0.324. The number of anilines is 3. The van der Waals surface area contributed by atoms with Gasteiger partial charge in [0, 0.05) is 18.3 Å².